The minimum atomic E-state index is -0.521. The zero-order valence-electron chi connectivity index (χ0n) is 16.4. The highest BCUT2D eigenvalue weighted by Gasteiger charge is 2.27. The summed E-state index contributed by atoms with van der Waals surface area (Å²) in [6, 6.07) is 8.91. The van der Waals surface area contributed by atoms with Gasteiger partial charge in [0, 0.05) is 35.6 Å². The number of halogens is 1. The van der Waals surface area contributed by atoms with Crippen molar-refractivity contribution in [3.8, 4) is 0 Å². The van der Waals surface area contributed by atoms with Crippen molar-refractivity contribution in [3.63, 3.8) is 0 Å². The maximum absolute atomic E-state index is 13.1. The molecule has 1 aliphatic rings. The summed E-state index contributed by atoms with van der Waals surface area (Å²) in [7, 11) is 0. The molecule has 3 aromatic rings. The largest absolute Gasteiger partial charge is 0.391 e. The Morgan fingerprint density at radius 3 is 2.77 bits per heavy atom. The highest BCUT2D eigenvalue weighted by molar-refractivity contribution is 6.30. The SMILES string of the molecule is Cc1cc(Nc2cnc(C(=O)N3CCCC(O)C3)c(Nc3ccc(Cl)cc3)n2)n[nH]1. The monoisotopic (exact) mass is 427 g/mol. The van der Waals surface area contributed by atoms with Crippen molar-refractivity contribution < 1.29 is 9.90 Å². The molecule has 4 N–H and O–H groups in total. The van der Waals surface area contributed by atoms with Crippen molar-refractivity contribution in [2.45, 2.75) is 25.9 Å². The Labute approximate surface area is 178 Å². The molecule has 0 radical (unpaired) electrons. The molecule has 1 unspecified atom stereocenters. The van der Waals surface area contributed by atoms with Gasteiger partial charge < -0.3 is 20.6 Å². The van der Waals surface area contributed by atoms with E-state index < -0.39 is 6.10 Å². The van der Waals surface area contributed by atoms with Gasteiger partial charge in [0.2, 0.25) is 0 Å². The van der Waals surface area contributed by atoms with Crippen molar-refractivity contribution in [2.24, 2.45) is 0 Å². The number of amides is 1. The molecular weight excluding hydrogens is 406 g/mol. The highest BCUT2D eigenvalue weighted by atomic mass is 35.5. The molecular formula is C20H22ClN7O2. The number of nitrogens with one attached hydrogen (secondary N) is 3. The van der Waals surface area contributed by atoms with E-state index in [1.807, 2.05) is 13.0 Å². The summed E-state index contributed by atoms with van der Waals surface area (Å²) >= 11 is 5.97. The number of H-pyrrole nitrogens is 1. The van der Waals surface area contributed by atoms with Crippen LogP contribution in [-0.2, 0) is 0 Å². The molecule has 1 saturated heterocycles. The maximum Gasteiger partial charge on any atom is 0.276 e. The van der Waals surface area contributed by atoms with Crippen LogP contribution in [0.25, 0.3) is 0 Å². The molecule has 30 heavy (non-hydrogen) atoms. The minimum Gasteiger partial charge on any atom is -0.391 e. The van der Waals surface area contributed by atoms with Crippen molar-refractivity contribution in [3.05, 3.63) is 52.9 Å². The number of aryl methyl sites for hydroxylation is 1. The average molecular weight is 428 g/mol. The first kappa shape index (κ1) is 20.1. The van der Waals surface area contributed by atoms with Crippen molar-refractivity contribution in [1.29, 1.82) is 0 Å². The fourth-order valence-electron chi connectivity index (χ4n) is 3.27. The number of aromatic amines is 1. The first-order valence-electron chi connectivity index (χ1n) is 9.64. The van der Waals surface area contributed by atoms with E-state index in [0.29, 0.717) is 41.1 Å². The van der Waals surface area contributed by atoms with E-state index in [1.165, 1.54) is 6.20 Å². The quantitative estimate of drug-likeness (QED) is 0.493. The normalized spacial score (nSPS) is 16.4. The van der Waals surface area contributed by atoms with Gasteiger partial charge in [-0.2, -0.15) is 5.10 Å². The van der Waals surface area contributed by atoms with Gasteiger partial charge in [-0.1, -0.05) is 11.6 Å². The van der Waals surface area contributed by atoms with Crippen LogP contribution in [0.5, 0.6) is 0 Å². The predicted molar refractivity (Wildman–Crippen MR) is 115 cm³/mol. The van der Waals surface area contributed by atoms with Crippen LogP contribution < -0.4 is 10.6 Å². The van der Waals surface area contributed by atoms with Gasteiger partial charge in [-0.25, -0.2) is 9.97 Å². The van der Waals surface area contributed by atoms with E-state index in [1.54, 1.807) is 29.2 Å². The van der Waals surface area contributed by atoms with Gasteiger partial charge in [-0.15, -0.1) is 0 Å². The van der Waals surface area contributed by atoms with Gasteiger partial charge in [-0.05, 0) is 44.0 Å². The molecule has 1 amide bonds. The van der Waals surface area contributed by atoms with Gasteiger partial charge in [0.1, 0.15) is 0 Å². The molecule has 1 fully saturated rings. The summed E-state index contributed by atoms with van der Waals surface area (Å²) in [5, 5.41) is 23.8. The second kappa shape index (κ2) is 8.68. The van der Waals surface area contributed by atoms with Crippen LogP contribution in [0.2, 0.25) is 5.02 Å². The summed E-state index contributed by atoms with van der Waals surface area (Å²) in [6.07, 6.45) is 2.41. The number of hydrogen-bond acceptors (Lipinski definition) is 7. The third-order valence-corrected chi connectivity index (χ3v) is 4.98. The molecule has 0 spiro atoms. The average Bonchev–Trinajstić information content (AvgIpc) is 3.14. The second-order valence-corrected chi connectivity index (χ2v) is 7.63. The van der Waals surface area contributed by atoms with Gasteiger partial charge >= 0.3 is 0 Å². The van der Waals surface area contributed by atoms with Crippen LogP contribution in [0.1, 0.15) is 29.0 Å². The van der Waals surface area contributed by atoms with Crippen molar-refractivity contribution >= 4 is 40.6 Å². The minimum absolute atomic E-state index is 0.183. The van der Waals surface area contributed by atoms with E-state index in [9.17, 15) is 9.90 Å². The molecule has 10 heteroatoms. The zero-order valence-corrected chi connectivity index (χ0v) is 17.1. The number of carbonyl (C=O) groups excluding carboxylic acids is 1. The lowest BCUT2D eigenvalue weighted by Crippen LogP contribution is -2.42. The molecule has 1 atom stereocenters. The van der Waals surface area contributed by atoms with Gasteiger partial charge in [0.05, 0.1) is 12.3 Å². The standard InChI is InChI=1S/C20H22ClN7O2/c1-12-9-16(27-26-12)24-17-10-22-18(20(30)28-8-2-3-15(29)11-28)19(25-17)23-14-6-4-13(21)5-7-14/h4-7,9-10,15,29H,2-3,8,11H2,1H3,(H3,23,24,25,26,27). The molecule has 1 aromatic carbocycles. The van der Waals surface area contributed by atoms with Gasteiger partial charge in [0.15, 0.2) is 23.1 Å². The molecule has 3 heterocycles. The van der Waals surface area contributed by atoms with E-state index in [2.05, 4.69) is 30.8 Å². The number of aromatic nitrogens is 4. The smallest absolute Gasteiger partial charge is 0.276 e. The summed E-state index contributed by atoms with van der Waals surface area (Å²) in [4.78, 5) is 23.6. The number of benzene rings is 1. The van der Waals surface area contributed by atoms with Crippen LogP contribution in [-0.4, -0.2) is 55.3 Å². The number of carbonyl (C=O) groups is 1. The second-order valence-electron chi connectivity index (χ2n) is 7.19. The fraction of sp³-hybridized carbons (Fsp3) is 0.300. The van der Waals surface area contributed by atoms with Crippen LogP contribution in [0.4, 0.5) is 23.1 Å². The number of aliphatic hydroxyl groups excluding tert-OH is 1. The lowest BCUT2D eigenvalue weighted by atomic mass is 10.1. The van der Waals surface area contributed by atoms with Gasteiger partial charge in [0.25, 0.3) is 5.91 Å². The topological polar surface area (TPSA) is 119 Å². The molecule has 0 bridgehead atoms. The lowest BCUT2D eigenvalue weighted by molar-refractivity contribution is 0.0469. The predicted octanol–water partition coefficient (Wildman–Crippen LogP) is 3.25. The number of piperidine rings is 1. The number of rotatable bonds is 5. The lowest BCUT2D eigenvalue weighted by Gasteiger charge is -2.30. The first-order valence-corrected chi connectivity index (χ1v) is 10.0. The van der Waals surface area contributed by atoms with Crippen molar-refractivity contribution in [1.82, 2.24) is 25.1 Å². The summed E-state index contributed by atoms with van der Waals surface area (Å²) in [6.45, 7) is 2.75. The summed E-state index contributed by atoms with van der Waals surface area (Å²) in [5.41, 5.74) is 1.80. The Morgan fingerprint density at radius 1 is 1.27 bits per heavy atom. The molecule has 4 rings (SSSR count). The van der Waals surface area contributed by atoms with Crippen LogP contribution in [0.3, 0.4) is 0 Å². The first-order chi connectivity index (χ1) is 14.5. The maximum atomic E-state index is 13.1. The van der Waals surface area contributed by atoms with Crippen LogP contribution >= 0.6 is 11.6 Å². The molecule has 2 aromatic heterocycles. The molecule has 0 aliphatic carbocycles. The number of hydrogen-bond donors (Lipinski definition) is 4. The summed E-state index contributed by atoms with van der Waals surface area (Å²) < 4.78 is 0. The van der Waals surface area contributed by atoms with E-state index in [-0.39, 0.29) is 18.1 Å². The number of β-amino-alcohol motifs (C(OH)–C–C–N with tert-alkyl or cyclic N) is 1. The number of nitrogens with zero attached hydrogens (tertiary/aromatic N) is 4. The van der Waals surface area contributed by atoms with E-state index in [0.717, 1.165) is 12.1 Å². The van der Waals surface area contributed by atoms with E-state index in [4.69, 9.17) is 11.6 Å². The third kappa shape index (κ3) is 4.69. The van der Waals surface area contributed by atoms with Crippen LogP contribution in [0.15, 0.2) is 36.5 Å². The Balaban J connectivity index is 1.64. The number of anilines is 4. The number of likely N-dealkylation sites (tertiary alicyclic amines) is 1. The molecule has 156 valence electrons. The Kier molecular flexibility index (Phi) is 5.82. The Bertz CT molecular complexity index is 1040. The van der Waals surface area contributed by atoms with E-state index >= 15 is 0 Å². The molecule has 1 aliphatic heterocycles. The number of aliphatic hydroxyl groups is 1. The molecule has 0 saturated carbocycles. The van der Waals surface area contributed by atoms with Crippen molar-refractivity contribution in [2.75, 3.05) is 23.7 Å². The Morgan fingerprint density at radius 2 is 2.07 bits per heavy atom. The van der Waals surface area contributed by atoms with Gasteiger partial charge in [-0.3, -0.25) is 9.89 Å². The fourth-order valence-corrected chi connectivity index (χ4v) is 3.39. The highest BCUT2D eigenvalue weighted by Crippen LogP contribution is 2.24. The summed E-state index contributed by atoms with van der Waals surface area (Å²) in [5.74, 6) is 1.06. The Hall–Kier alpha value is -3.17. The van der Waals surface area contributed by atoms with Crippen LogP contribution in [0, 0.1) is 6.92 Å². The molecule has 9 nitrogen and oxygen atoms in total. The third-order valence-electron chi connectivity index (χ3n) is 4.73. The zero-order chi connectivity index (χ0) is 21.1.